The molecule has 2 aromatic rings. The molecule has 0 aliphatic heterocycles. The Morgan fingerprint density at radius 1 is 1.04 bits per heavy atom. The van der Waals surface area contributed by atoms with Crippen molar-refractivity contribution < 1.29 is 13.2 Å². The standard InChI is InChI=1S/C18H22N2O3S/c1-3-20(24(22,23)17-12-8-5-9-13-17)14-18(21)19-15(2)16-10-6-4-7-11-16/h4-13,15H,3,14H2,1-2H3,(H,19,21). The second-order valence-corrected chi connectivity index (χ2v) is 7.38. The fourth-order valence-corrected chi connectivity index (χ4v) is 3.81. The summed E-state index contributed by atoms with van der Waals surface area (Å²) in [5, 5.41) is 2.84. The van der Waals surface area contributed by atoms with Gasteiger partial charge in [-0.25, -0.2) is 8.42 Å². The Morgan fingerprint density at radius 3 is 2.12 bits per heavy atom. The maximum Gasteiger partial charge on any atom is 0.243 e. The van der Waals surface area contributed by atoms with E-state index in [1.807, 2.05) is 37.3 Å². The molecule has 5 nitrogen and oxygen atoms in total. The lowest BCUT2D eigenvalue weighted by Gasteiger charge is -2.21. The number of carbonyl (C=O) groups is 1. The number of carbonyl (C=O) groups excluding carboxylic acids is 1. The van der Waals surface area contributed by atoms with E-state index < -0.39 is 10.0 Å². The van der Waals surface area contributed by atoms with Gasteiger partial charge in [-0.2, -0.15) is 4.31 Å². The van der Waals surface area contributed by atoms with Gasteiger partial charge in [0.25, 0.3) is 0 Å². The average Bonchev–Trinajstić information content (AvgIpc) is 2.61. The topological polar surface area (TPSA) is 66.5 Å². The third kappa shape index (κ3) is 4.43. The van der Waals surface area contributed by atoms with Crippen molar-refractivity contribution in [3.05, 3.63) is 66.2 Å². The van der Waals surface area contributed by atoms with Crippen LogP contribution in [-0.2, 0) is 14.8 Å². The van der Waals surface area contributed by atoms with Crippen LogP contribution in [0.5, 0.6) is 0 Å². The number of nitrogens with one attached hydrogen (secondary N) is 1. The van der Waals surface area contributed by atoms with Gasteiger partial charge in [0.2, 0.25) is 15.9 Å². The maximum atomic E-state index is 12.6. The smallest absolute Gasteiger partial charge is 0.243 e. The third-order valence-corrected chi connectivity index (χ3v) is 5.67. The molecule has 0 saturated carbocycles. The lowest BCUT2D eigenvalue weighted by molar-refractivity contribution is -0.121. The predicted molar refractivity (Wildman–Crippen MR) is 93.9 cm³/mol. The Balaban J connectivity index is 2.06. The molecule has 6 heteroatoms. The first kappa shape index (κ1) is 18.2. The summed E-state index contributed by atoms with van der Waals surface area (Å²) in [6, 6.07) is 17.5. The zero-order valence-corrected chi connectivity index (χ0v) is 14.7. The molecular weight excluding hydrogens is 324 g/mol. The predicted octanol–water partition coefficient (Wildman–Crippen LogP) is 2.57. The zero-order chi connectivity index (χ0) is 17.6. The van der Waals surface area contributed by atoms with Crippen LogP contribution in [0, 0.1) is 0 Å². The highest BCUT2D eigenvalue weighted by Crippen LogP contribution is 2.15. The molecule has 0 radical (unpaired) electrons. The molecule has 0 aliphatic carbocycles. The molecule has 0 spiro atoms. The summed E-state index contributed by atoms with van der Waals surface area (Å²) in [5.74, 6) is -0.326. The molecule has 0 bridgehead atoms. The van der Waals surface area contributed by atoms with Crippen LogP contribution in [0.2, 0.25) is 0 Å². The van der Waals surface area contributed by atoms with Gasteiger partial charge >= 0.3 is 0 Å². The molecule has 1 unspecified atom stereocenters. The summed E-state index contributed by atoms with van der Waals surface area (Å²) in [5.41, 5.74) is 0.972. The van der Waals surface area contributed by atoms with Gasteiger partial charge in [-0.05, 0) is 24.6 Å². The number of rotatable bonds is 7. The molecule has 128 valence electrons. The van der Waals surface area contributed by atoms with E-state index in [1.54, 1.807) is 25.1 Å². The molecule has 0 fully saturated rings. The number of hydrogen-bond acceptors (Lipinski definition) is 3. The molecule has 2 aromatic carbocycles. The van der Waals surface area contributed by atoms with Crippen molar-refractivity contribution in [2.45, 2.75) is 24.8 Å². The van der Waals surface area contributed by atoms with Gasteiger partial charge in [-0.15, -0.1) is 0 Å². The van der Waals surface area contributed by atoms with E-state index in [-0.39, 0.29) is 29.9 Å². The number of likely N-dealkylation sites (N-methyl/N-ethyl adjacent to an activating group) is 1. The molecule has 0 aliphatic rings. The number of amides is 1. The summed E-state index contributed by atoms with van der Waals surface area (Å²) in [6.07, 6.45) is 0. The molecule has 1 amide bonds. The van der Waals surface area contributed by atoms with E-state index in [4.69, 9.17) is 0 Å². The minimum Gasteiger partial charge on any atom is -0.348 e. The third-order valence-electron chi connectivity index (χ3n) is 3.73. The molecule has 0 saturated heterocycles. The maximum absolute atomic E-state index is 12.6. The first-order valence-corrected chi connectivity index (χ1v) is 9.28. The first-order chi connectivity index (χ1) is 11.4. The van der Waals surface area contributed by atoms with Crippen molar-refractivity contribution in [1.82, 2.24) is 9.62 Å². The van der Waals surface area contributed by atoms with Crippen molar-refractivity contribution in [2.24, 2.45) is 0 Å². The highest BCUT2D eigenvalue weighted by Gasteiger charge is 2.25. The normalized spacial score (nSPS) is 12.8. The van der Waals surface area contributed by atoms with Gasteiger partial charge in [-0.1, -0.05) is 55.5 Å². The van der Waals surface area contributed by atoms with Crippen LogP contribution in [0.4, 0.5) is 0 Å². The highest BCUT2D eigenvalue weighted by molar-refractivity contribution is 7.89. The molecule has 0 aromatic heterocycles. The van der Waals surface area contributed by atoms with E-state index in [0.717, 1.165) is 5.56 Å². The number of hydrogen-bond donors (Lipinski definition) is 1. The number of nitrogens with zero attached hydrogens (tertiary/aromatic N) is 1. The second kappa shape index (κ2) is 8.08. The average molecular weight is 346 g/mol. The van der Waals surface area contributed by atoms with Crippen LogP contribution in [-0.4, -0.2) is 31.7 Å². The van der Waals surface area contributed by atoms with E-state index in [1.165, 1.54) is 16.4 Å². The molecule has 1 N–H and O–H groups in total. The number of benzene rings is 2. The first-order valence-electron chi connectivity index (χ1n) is 7.84. The second-order valence-electron chi connectivity index (χ2n) is 5.44. The lowest BCUT2D eigenvalue weighted by atomic mass is 10.1. The summed E-state index contributed by atoms with van der Waals surface area (Å²) in [6.45, 7) is 3.61. The fourth-order valence-electron chi connectivity index (χ4n) is 2.38. The highest BCUT2D eigenvalue weighted by atomic mass is 32.2. The molecule has 0 heterocycles. The summed E-state index contributed by atoms with van der Waals surface area (Å²) >= 11 is 0. The summed E-state index contributed by atoms with van der Waals surface area (Å²) in [4.78, 5) is 12.4. The SMILES string of the molecule is CCN(CC(=O)NC(C)c1ccccc1)S(=O)(=O)c1ccccc1. The van der Waals surface area contributed by atoms with Crippen LogP contribution in [0.3, 0.4) is 0 Å². The minimum atomic E-state index is -3.67. The van der Waals surface area contributed by atoms with Crippen LogP contribution >= 0.6 is 0 Å². The zero-order valence-electron chi connectivity index (χ0n) is 13.8. The van der Waals surface area contributed by atoms with Crippen molar-refractivity contribution in [2.75, 3.05) is 13.1 Å². The van der Waals surface area contributed by atoms with Gasteiger partial charge in [0, 0.05) is 6.54 Å². The Hall–Kier alpha value is -2.18. The Kier molecular flexibility index (Phi) is 6.11. The van der Waals surface area contributed by atoms with E-state index >= 15 is 0 Å². The van der Waals surface area contributed by atoms with Crippen LogP contribution in [0.1, 0.15) is 25.5 Å². The minimum absolute atomic E-state index is 0.183. The van der Waals surface area contributed by atoms with Gasteiger partial charge in [0.1, 0.15) is 0 Å². The summed E-state index contributed by atoms with van der Waals surface area (Å²) < 4.78 is 26.4. The van der Waals surface area contributed by atoms with Gasteiger partial charge in [-0.3, -0.25) is 4.79 Å². The Morgan fingerprint density at radius 2 is 1.58 bits per heavy atom. The van der Waals surface area contributed by atoms with E-state index in [9.17, 15) is 13.2 Å². The molecular formula is C18H22N2O3S. The Labute approximate surface area is 143 Å². The quantitative estimate of drug-likeness (QED) is 0.838. The molecule has 2 rings (SSSR count). The largest absolute Gasteiger partial charge is 0.348 e. The van der Waals surface area contributed by atoms with Gasteiger partial charge in [0.15, 0.2) is 0 Å². The van der Waals surface area contributed by atoms with Crippen LogP contribution < -0.4 is 5.32 Å². The van der Waals surface area contributed by atoms with Gasteiger partial charge < -0.3 is 5.32 Å². The molecule has 24 heavy (non-hydrogen) atoms. The lowest BCUT2D eigenvalue weighted by Crippen LogP contribution is -2.41. The van der Waals surface area contributed by atoms with Gasteiger partial charge in [0.05, 0.1) is 17.5 Å². The van der Waals surface area contributed by atoms with E-state index in [0.29, 0.717) is 0 Å². The fraction of sp³-hybridized carbons (Fsp3) is 0.278. The Bertz CT molecular complexity index is 761. The van der Waals surface area contributed by atoms with Crippen molar-refractivity contribution in [3.8, 4) is 0 Å². The van der Waals surface area contributed by atoms with E-state index in [2.05, 4.69) is 5.32 Å². The van der Waals surface area contributed by atoms with Crippen LogP contribution in [0.25, 0.3) is 0 Å². The van der Waals surface area contributed by atoms with Crippen molar-refractivity contribution in [1.29, 1.82) is 0 Å². The summed E-state index contributed by atoms with van der Waals surface area (Å²) in [7, 11) is -3.67. The molecule has 1 atom stereocenters. The van der Waals surface area contributed by atoms with Crippen molar-refractivity contribution in [3.63, 3.8) is 0 Å². The monoisotopic (exact) mass is 346 g/mol. The van der Waals surface area contributed by atoms with Crippen molar-refractivity contribution >= 4 is 15.9 Å². The van der Waals surface area contributed by atoms with Crippen LogP contribution in [0.15, 0.2) is 65.6 Å². The number of sulfonamides is 1.